The van der Waals surface area contributed by atoms with Gasteiger partial charge < -0.3 is 0 Å². The zero-order valence-corrected chi connectivity index (χ0v) is 20.4. The van der Waals surface area contributed by atoms with E-state index in [-0.39, 0.29) is 0 Å². The molecule has 0 atom stereocenters. The Hall–Kier alpha value is -1.73. The molecule has 0 heterocycles. The van der Waals surface area contributed by atoms with Crippen molar-refractivity contribution in [3.8, 4) is 0 Å². The van der Waals surface area contributed by atoms with Crippen molar-refractivity contribution in [2.45, 2.75) is 13.1 Å². The third-order valence-electron chi connectivity index (χ3n) is 5.62. The Balaban J connectivity index is 2.11. The van der Waals surface area contributed by atoms with Gasteiger partial charge in [-0.2, -0.15) is 0 Å². The van der Waals surface area contributed by atoms with Crippen molar-refractivity contribution in [1.82, 2.24) is 0 Å². The number of aryl methyl sites for hydroxylation is 1. The first-order chi connectivity index (χ1) is 14.0. The van der Waals surface area contributed by atoms with E-state index in [1.165, 1.54) is 31.5 Å². The quantitative estimate of drug-likeness (QED) is 0.244. The van der Waals surface area contributed by atoms with Crippen LogP contribution in [-0.4, -0.2) is 0 Å². The molecule has 0 spiro atoms. The molecule has 0 N–H and O–H groups in total. The third kappa shape index (κ3) is 3.52. The molecular formula is C26H23Br2P. The van der Waals surface area contributed by atoms with Crippen LogP contribution in [-0.2, 0) is 6.16 Å². The fourth-order valence-electron chi connectivity index (χ4n) is 4.09. The molecule has 0 saturated heterocycles. The monoisotopic (exact) mass is 524 g/mol. The van der Waals surface area contributed by atoms with Crippen molar-refractivity contribution < 1.29 is 0 Å². The SMILES string of the molecule is Cc1cccc(CP(Br)(c2ccccc2)(c2ccccc2)c2ccccc2)c1Br. The van der Waals surface area contributed by atoms with Gasteiger partial charge in [0.15, 0.2) is 0 Å². The molecule has 146 valence electrons. The number of hydrogen-bond acceptors (Lipinski definition) is 0. The van der Waals surface area contributed by atoms with Crippen LogP contribution in [0.15, 0.2) is 114 Å². The fourth-order valence-corrected chi connectivity index (χ4v) is 12.4. The Morgan fingerprint density at radius 1 is 0.586 bits per heavy atom. The van der Waals surface area contributed by atoms with Gasteiger partial charge in [-0.3, -0.25) is 0 Å². The van der Waals surface area contributed by atoms with E-state index in [0.717, 1.165) is 6.16 Å². The summed E-state index contributed by atoms with van der Waals surface area (Å²) in [6.45, 7) is 2.16. The van der Waals surface area contributed by atoms with Gasteiger partial charge in [-0.15, -0.1) is 0 Å². The maximum absolute atomic E-state index is 4.52. The average Bonchev–Trinajstić information content (AvgIpc) is 2.79. The molecule has 0 aliphatic carbocycles. The second-order valence-electron chi connectivity index (χ2n) is 7.40. The van der Waals surface area contributed by atoms with Gasteiger partial charge in [0.05, 0.1) is 0 Å². The van der Waals surface area contributed by atoms with Crippen LogP contribution in [0.1, 0.15) is 11.1 Å². The zero-order valence-electron chi connectivity index (χ0n) is 16.3. The molecule has 0 amide bonds. The van der Waals surface area contributed by atoms with Crippen LogP contribution in [0.5, 0.6) is 0 Å². The van der Waals surface area contributed by atoms with Crippen molar-refractivity contribution in [2.24, 2.45) is 0 Å². The van der Waals surface area contributed by atoms with E-state index in [2.05, 4.69) is 148 Å². The van der Waals surface area contributed by atoms with Gasteiger partial charge in [0.1, 0.15) is 0 Å². The molecule has 4 rings (SSSR count). The first-order valence-corrected chi connectivity index (χ1v) is 14.9. The van der Waals surface area contributed by atoms with E-state index in [1.807, 2.05) is 0 Å². The minimum absolute atomic E-state index is 0.895. The summed E-state index contributed by atoms with van der Waals surface area (Å²) in [6, 6.07) is 39.4. The van der Waals surface area contributed by atoms with Crippen LogP contribution < -0.4 is 15.9 Å². The summed E-state index contributed by atoms with van der Waals surface area (Å²) in [5, 5.41) is 1.06. The standard InChI is InChI=1S/C26H23Br2P/c1-21-12-11-13-22(26(21)27)20-29(28,23-14-5-2-6-15-23,24-16-7-3-8-17-24)25-18-9-4-10-19-25/h2-19H,20H2,1H3. The van der Waals surface area contributed by atoms with Crippen LogP contribution in [0.3, 0.4) is 0 Å². The molecule has 4 aromatic carbocycles. The molecule has 3 heteroatoms. The molecule has 29 heavy (non-hydrogen) atoms. The van der Waals surface area contributed by atoms with Crippen molar-refractivity contribution >= 4 is 52.6 Å². The van der Waals surface area contributed by atoms with Gasteiger partial charge in [-0.25, -0.2) is 0 Å². The predicted octanol–water partition coefficient (Wildman–Crippen LogP) is 7.10. The number of hydrogen-bond donors (Lipinski definition) is 0. The molecule has 4 aromatic rings. The predicted molar refractivity (Wildman–Crippen MR) is 137 cm³/mol. The van der Waals surface area contributed by atoms with Crippen molar-refractivity contribution in [1.29, 1.82) is 0 Å². The molecule has 0 aliphatic rings. The number of halogens is 2. The van der Waals surface area contributed by atoms with Crippen LogP contribution in [0.2, 0.25) is 0 Å². The zero-order chi connectivity index (χ0) is 20.3. The van der Waals surface area contributed by atoms with Crippen molar-refractivity contribution in [3.05, 3.63) is 125 Å². The summed E-state index contributed by atoms with van der Waals surface area (Å²) in [7, 11) is 0. The van der Waals surface area contributed by atoms with Crippen LogP contribution in [0, 0.1) is 6.92 Å². The van der Waals surface area contributed by atoms with E-state index in [1.54, 1.807) is 0 Å². The van der Waals surface area contributed by atoms with Gasteiger partial charge >= 0.3 is 191 Å². The first kappa shape index (κ1) is 20.5. The maximum atomic E-state index is 4.52. The van der Waals surface area contributed by atoms with E-state index in [9.17, 15) is 0 Å². The van der Waals surface area contributed by atoms with E-state index in [4.69, 9.17) is 0 Å². The molecule has 0 nitrogen and oxygen atoms in total. The number of benzene rings is 4. The van der Waals surface area contributed by atoms with Gasteiger partial charge in [-0.05, 0) is 0 Å². The Labute approximate surface area is 189 Å². The normalized spacial score (nSPS) is 12.9. The summed E-state index contributed by atoms with van der Waals surface area (Å²) in [6.07, 6.45) is 0.895. The number of rotatable bonds is 5. The molecule has 0 aliphatic heterocycles. The van der Waals surface area contributed by atoms with Crippen LogP contribution in [0.4, 0.5) is 0 Å². The molecule has 0 radical (unpaired) electrons. The van der Waals surface area contributed by atoms with Crippen molar-refractivity contribution in [2.75, 3.05) is 0 Å². The summed E-state index contributed by atoms with van der Waals surface area (Å²) in [5.74, 6) is 0. The molecule has 0 unspecified atom stereocenters. The van der Waals surface area contributed by atoms with Gasteiger partial charge in [0.2, 0.25) is 0 Å². The Morgan fingerprint density at radius 3 is 1.41 bits per heavy atom. The summed E-state index contributed by atoms with van der Waals surface area (Å²) in [5.41, 5.74) is 2.57. The minimum atomic E-state index is -2.95. The summed E-state index contributed by atoms with van der Waals surface area (Å²) < 4.78 is 1.19. The van der Waals surface area contributed by atoms with E-state index in [0.29, 0.717) is 0 Å². The summed E-state index contributed by atoms with van der Waals surface area (Å²) >= 11 is 8.40. The van der Waals surface area contributed by atoms with Crippen molar-refractivity contribution in [3.63, 3.8) is 0 Å². The average molecular weight is 526 g/mol. The Morgan fingerprint density at radius 2 is 1.00 bits per heavy atom. The van der Waals surface area contributed by atoms with Gasteiger partial charge in [0.25, 0.3) is 0 Å². The van der Waals surface area contributed by atoms with Crippen LogP contribution >= 0.6 is 36.7 Å². The molecule has 0 fully saturated rings. The second kappa shape index (κ2) is 8.19. The first-order valence-electron chi connectivity index (χ1n) is 9.67. The van der Waals surface area contributed by atoms with E-state index < -0.39 is 5.31 Å². The van der Waals surface area contributed by atoms with Gasteiger partial charge in [-0.1, -0.05) is 0 Å². The molecule has 0 saturated carbocycles. The third-order valence-corrected chi connectivity index (χ3v) is 16.3. The van der Waals surface area contributed by atoms with Crippen LogP contribution in [0.25, 0.3) is 0 Å². The fraction of sp³-hybridized carbons (Fsp3) is 0.0769. The molecule has 0 aromatic heterocycles. The summed E-state index contributed by atoms with van der Waals surface area (Å²) in [4.78, 5) is 0. The topological polar surface area (TPSA) is 0 Å². The second-order valence-corrected chi connectivity index (χ2v) is 17.1. The van der Waals surface area contributed by atoms with Gasteiger partial charge in [0, 0.05) is 0 Å². The molecular weight excluding hydrogens is 503 g/mol. The Bertz CT molecular complexity index is 1010. The van der Waals surface area contributed by atoms with E-state index >= 15 is 0 Å². The molecule has 0 bridgehead atoms. The Kier molecular flexibility index (Phi) is 5.80.